The maximum Gasteiger partial charge on any atom is 0.573 e. The minimum atomic E-state index is -4.76. The molecule has 16 heavy (non-hydrogen) atoms. The first-order valence-electron chi connectivity index (χ1n) is 4.38. The van der Waals surface area contributed by atoms with Crippen LogP contribution in [0.15, 0.2) is 24.3 Å². The molecule has 1 aromatic rings. The van der Waals surface area contributed by atoms with E-state index in [-0.39, 0.29) is 23.6 Å². The Kier molecular flexibility index (Phi) is 3.78. The highest BCUT2D eigenvalue weighted by atomic mass is 19.4. The fourth-order valence-corrected chi connectivity index (χ4v) is 1.08. The fourth-order valence-electron chi connectivity index (χ4n) is 1.08. The average Bonchev–Trinajstić information content (AvgIpc) is 2.16. The van der Waals surface area contributed by atoms with Crippen LogP contribution in [0, 0.1) is 0 Å². The number of ether oxygens (including phenoxy) is 1. The maximum atomic E-state index is 12.0. The lowest BCUT2D eigenvalue weighted by atomic mass is 10.1. The number of alkyl halides is 3. The van der Waals surface area contributed by atoms with Gasteiger partial charge in [-0.25, -0.2) is 0 Å². The van der Waals surface area contributed by atoms with Crippen molar-refractivity contribution >= 4 is 6.08 Å². The number of aromatic hydroxyl groups is 1. The molecule has 0 heterocycles. The molecule has 3 N–H and O–H groups in total. The van der Waals surface area contributed by atoms with Gasteiger partial charge in [0.25, 0.3) is 0 Å². The van der Waals surface area contributed by atoms with Crippen LogP contribution in [0.4, 0.5) is 13.2 Å². The monoisotopic (exact) mass is 233 g/mol. The number of rotatable bonds is 3. The SMILES string of the molecule is NCC=Cc1cc(O)ccc1OC(F)(F)F. The zero-order chi connectivity index (χ0) is 12.2. The summed E-state index contributed by atoms with van der Waals surface area (Å²) in [5.41, 5.74) is 5.29. The Morgan fingerprint density at radius 3 is 2.62 bits per heavy atom. The third-order valence-electron chi connectivity index (χ3n) is 1.65. The summed E-state index contributed by atoms with van der Waals surface area (Å²) in [5.74, 6) is -0.527. The fraction of sp³-hybridized carbons (Fsp3) is 0.200. The Hall–Kier alpha value is -1.69. The van der Waals surface area contributed by atoms with Gasteiger partial charge in [0.05, 0.1) is 0 Å². The van der Waals surface area contributed by atoms with Crippen molar-refractivity contribution in [2.24, 2.45) is 5.73 Å². The number of nitrogens with two attached hydrogens (primary N) is 1. The minimum Gasteiger partial charge on any atom is -0.508 e. The van der Waals surface area contributed by atoms with Gasteiger partial charge in [0, 0.05) is 12.1 Å². The van der Waals surface area contributed by atoms with E-state index in [0.29, 0.717) is 0 Å². The van der Waals surface area contributed by atoms with E-state index < -0.39 is 6.36 Å². The molecule has 0 saturated carbocycles. The molecule has 0 fully saturated rings. The van der Waals surface area contributed by atoms with Crippen LogP contribution in [0.2, 0.25) is 0 Å². The molecule has 0 radical (unpaired) electrons. The molecule has 0 bridgehead atoms. The zero-order valence-corrected chi connectivity index (χ0v) is 8.16. The Morgan fingerprint density at radius 2 is 2.06 bits per heavy atom. The summed E-state index contributed by atoms with van der Waals surface area (Å²) in [6.07, 6.45) is -1.96. The van der Waals surface area contributed by atoms with Gasteiger partial charge in [-0.15, -0.1) is 13.2 Å². The molecule has 1 rings (SSSR count). The first-order chi connectivity index (χ1) is 7.42. The van der Waals surface area contributed by atoms with Crippen molar-refractivity contribution in [1.29, 1.82) is 0 Å². The van der Waals surface area contributed by atoms with Crippen molar-refractivity contribution in [1.82, 2.24) is 0 Å². The lowest BCUT2D eigenvalue weighted by Gasteiger charge is -2.11. The summed E-state index contributed by atoms with van der Waals surface area (Å²) in [5, 5.41) is 9.13. The largest absolute Gasteiger partial charge is 0.573 e. The minimum absolute atomic E-state index is 0.114. The average molecular weight is 233 g/mol. The van der Waals surface area contributed by atoms with E-state index in [2.05, 4.69) is 4.74 Å². The lowest BCUT2D eigenvalue weighted by Crippen LogP contribution is -2.17. The van der Waals surface area contributed by atoms with Crippen LogP contribution >= 0.6 is 0 Å². The Balaban J connectivity index is 3.03. The predicted molar refractivity (Wildman–Crippen MR) is 52.9 cm³/mol. The van der Waals surface area contributed by atoms with Gasteiger partial charge in [0.15, 0.2) is 0 Å². The van der Waals surface area contributed by atoms with Gasteiger partial charge in [0.2, 0.25) is 0 Å². The van der Waals surface area contributed by atoms with Gasteiger partial charge in [-0.05, 0) is 18.2 Å². The van der Waals surface area contributed by atoms with Gasteiger partial charge in [-0.3, -0.25) is 0 Å². The lowest BCUT2D eigenvalue weighted by molar-refractivity contribution is -0.274. The molecule has 1 aromatic carbocycles. The highest BCUT2D eigenvalue weighted by Crippen LogP contribution is 2.29. The number of benzene rings is 1. The van der Waals surface area contributed by atoms with Gasteiger partial charge in [0.1, 0.15) is 11.5 Å². The second kappa shape index (κ2) is 4.89. The molecular weight excluding hydrogens is 223 g/mol. The van der Waals surface area contributed by atoms with Crippen LogP contribution in [0.5, 0.6) is 11.5 Å². The van der Waals surface area contributed by atoms with Gasteiger partial charge >= 0.3 is 6.36 Å². The molecule has 0 amide bonds. The Morgan fingerprint density at radius 1 is 1.38 bits per heavy atom. The van der Waals surface area contributed by atoms with Crippen LogP contribution in [-0.4, -0.2) is 18.0 Å². The number of phenols is 1. The normalized spacial score (nSPS) is 12.0. The van der Waals surface area contributed by atoms with Crippen LogP contribution in [0.3, 0.4) is 0 Å². The van der Waals surface area contributed by atoms with Crippen molar-refractivity contribution in [2.45, 2.75) is 6.36 Å². The van der Waals surface area contributed by atoms with E-state index in [4.69, 9.17) is 10.8 Å². The molecule has 0 spiro atoms. The molecular formula is C10H10F3NO2. The third-order valence-corrected chi connectivity index (χ3v) is 1.65. The second-order valence-corrected chi connectivity index (χ2v) is 2.91. The summed E-state index contributed by atoms with van der Waals surface area (Å²) < 4.78 is 39.8. The van der Waals surface area contributed by atoms with E-state index in [0.717, 1.165) is 18.2 Å². The van der Waals surface area contributed by atoms with Crippen LogP contribution in [0.25, 0.3) is 6.08 Å². The molecule has 0 saturated heterocycles. The van der Waals surface area contributed by atoms with E-state index >= 15 is 0 Å². The standard InChI is InChI=1S/C10H10F3NO2/c11-10(12,13)16-9-4-3-8(15)6-7(9)2-1-5-14/h1-4,6,15H,5,14H2. The number of phenolic OH excluding ortho intramolecular Hbond substituents is 1. The predicted octanol–water partition coefficient (Wildman–Crippen LogP) is 2.26. The Bertz CT molecular complexity index is 388. The van der Waals surface area contributed by atoms with Crippen LogP contribution in [0.1, 0.15) is 5.56 Å². The summed E-state index contributed by atoms with van der Waals surface area (Å²) >= 11 is 0. The smallest absolute Gasteiger partial charge is 0.508 e. The number of hydrogen-bond donors (Lipinski definition) is 2. The molecule has 0 aliphatic rings. The molecule has 0 aromatic heterocycles. The first-order valence-corrected chi connectivity index (χ1v) is 4.38. The summed E-state index contributed by atoms with van der Waals surface area (Å²) in [6.45, 7) is 0.182. The Labute approximate surface area is 89.9 Å². The third kappa shape index (κ3) is 3.82. The molecule has 3 nitrogen and oxygen atoms in total. The van der Waals surface area contributed by atoms with Crippen LogP contribution < -0.4 is 10.5 Å². The molecule has 0 aliphatic heterocycles. The number of hydrogen-bond acceptors (Lipinski definition) is 3. The summed E-state index contributed by atoms with van der Waals surface area (Å²) in [4.78, 5) is 0. The molecule has 0 aliphatic carbocycles. The molecule has 0 unspecified atom stereocenters. The van der Waals surface area contributed by atoms with E-state index in [1.54, 1.807) is 0 Å². The quantitative estimate of drug-likeness (QED) is 0.841. The highest BCUT2D eigenvalue weighted by molar-refractivity contribution is 5.59. The maximum absolute atomic E-state index is 12.0. The van der Waals surface area contributed by atoms with Crippen molar-refractivity contribution in [3.05, 3.63) is 29.8 Å². The first kappa shape index (κ1) is 12.4. The van der Waals surface area contributed by atoms with Crippen LogP contribution in [-0.2, 0) is 0 Å². The van der Waals surface area contributed by atoms with Gasteiger partial charge in [-0.1, -0.05) is 12.2 Å². The van der Waals surface area contributed by atoms with Gasteiger partial charge < -0.3 is 15.6 Å². The van der Waals surface area contributed by atoms with Crippen molar-refractivity contribution in [3.8, 4) is 11.5 Å². The number of halogens is 3. The second-order valence-electron chi connectivity index (χ2n) is 2.91. The van der Waals surface area contributed by atoms with Crippen molar-refractivity contribution < 1.29 is 23.0 Å². The van der Waals surface area contributed by atoms with E-state index in [1.807, 2.05) is 0 Å². The molecule has 88 valence electrons. The highest BCUT2D eigenvalue weighted by Gasteiger charge is 2.31. The molecule has 0 atom stereocenters. The van der Waals surface area contributed by atoms with Crippen molar-refractivity contribution in [3.63, 3.8) is 0 Å². The molecule has 6 heteroatoms. The van der Waals surface area contributed by atoms with Crippen molar-refractivity contribution in [2.75, 3.05) is 6.54 Å². The van der Waals surface area contributed by atoms with Gasteiger partial charge in [-0.2, -0.15) is 0 Å². The topological polar surface area (TPSA) is 55.5 Å². The summed E-state index contributed by atoms with van der Waals surface area (Å²) in [7, 11) is 0. The van der Waals surface area contributed by atoms with E-state index in [9.17, 15) is 13.2 Å². The summed E-state index contributed by atoms with van der Waals surface area (Å²) in [6, 6.07) is 3.31. The zero-order valence-electron chi connectivity index (χ0n) is 8.16. The van der Waals surface area contributed by atoms with E-state index in [1.165, 1.54) is 12.2 Å².